The van der Waals surface area contributed by atoms with E-state index in [0.29, 0.717) is 77.0 Å². The molecule has 1 aliphatic heterocycles. The number of hydrogen-bond acceptors (Lipinski definition) is 12. The first-order valence-corrected chi connectivity index (χ1v) is 17.9. The minimum Gasteiger partial charge on any atom is -0.483 e. The van der Waals surface area contributed by atoms with Crippen LogP contribution in [0.5, 0.6) is 5.75 Å². The van der Waals surface area contributed by atoms with Gasteiger partial charge in [-0.15, -0.1) is 0 Å². The number of amides is 3. The third-order valence-electron chi connectivity index (χ3n) is 9.06. The van der Waals surface area contributed by atoms with Crippen molar-refractivity contribution in [2.75, 3.05) is 31.0 Å². The molecular weight excluding hydrogens is 724 g/mol. The largest absolute Gasteiger partial charge is 0.483 e. The van der Waals surface area contributed by atoms with Crippen molar-refractivity contribution in [3.05, 3.63) is 82.6 Å². The van der Waals surface area contributed by atoms with E-state index in [1.807, 2.05) is 26.0 Å². The number of imidazole rings is 2. The maximum atomic E-state index is 13.6. The zero-order valence-electron chi connectivity index (χ0n) is 31.4. The summed E-state index contributed by atoms with van der Waals surface area (Å²) in [4.78, 5) is 65.6. The van der Waals surface area contributed by atoms with Crippen LogP contribution in [0.1, 0.15) is 66.9 Å². The maximum absolute atomic E-state index is 13.6. The molecule has 0 atom stereocenters. The first kappa shape index (κ1) is 37.4. The molecule has 4 N–H and O–H groups in total. The third-order valence-corrected chi connectivity index (χ3v) is 9.06. The van der Waals surface area contributed by atoms with Gasteiger partial charge < -0.3 is 24.5 Å². The summed E-state index contributed by atoms with van der Waals surface area (Å²) in [6.45, 7) is 9.43. The van der Waals surface area contributed by atoms with Crippen molar-refractivity contribution in [3.8, 4) is 5.75 Å². The lowest BCUT2D eigenvalue weighted by Gasteiger charge is -2.27. The molecule has 19 heteroatoms. The van der Waals surface area contributed by atoms with E-state index in [0.717, 1.165) is 0 Å². The number of methoxy groups -OCH3 is 1. The molecular formula is C37H40N12O7. The van der Waals surface area contributed by atoms with Gasteiger partial charge in [0.05, 0.1) is 42.8 Å². The number of hydrogen-bond donors (Lipinski definition) is 3. The third kappa shape index (κ3) is 7.30. The number of nitrogens with zero attached hydrogens (tertiary/aromatic N) is 9. The van der Waals surface area contributed by atoms with Crippen LogP contribution in [0.2, 0.25) is 0 Å². The molecule has 1 saturated heterocycles. The second kappa shape index (κ2) is 15.5. The fourth-order valence-corrected chi connectivity index (χ4v) is 6.34. The molecule has 5 aromatic heterocycles. The minimum absolute atomic E-state index is 0.175. The highest BCUT2D eigenvalue weighted by atomic mass is 16.6. The van der Waals surface area contributed by atoms with Crippen LogP contribution in [0.4, 0.5) is 11.9 Å². The maximum Gasteiger partial charge on any atom is 0.339 e. The van der Waals surface area contributed by atoms with Crippen LogP contribution in [0.25, 0.3) is 22.2 Å². The van der Waals surface area contributed by atoms with Crippen LogP contribution in [0, 0.1) is 13.8 Å². The minimum atomic E-state index is -0.666. The number of nitrogens with one attached hydrogen (secondary N) is 2. The molecule has 6 heterocycles. The van der Waals surface area contributed by atoms with Gasteiger partial charge >= 0.3 is 5.97 Å². The summed E-state index contributed by atoms with van der Waals surface area (Å²) in [5.74, 6) is -1.38. The van der Waals surface area contributed by atoms with Crippen molar-refractivity contribution in [2.45, 2.75) is 60.0 Å². The van der Waals surface area contributed by atoms with Crippen LogP contribution < -0.4 is 21.1 Å². The Morgan fingerprint density at radius 2 is 1.41 bits per heavy atom. The number of benzene rings is 1. The Hall–Kier alpha value is -6.89. The van der Waals surface area contributed by atoms with Crippen LogP contribution in [0.3, 0.4) is 0 Å². The van der Waals surface area contributed by atoms with E-state index in [1.165, 1.54) is 19.4 Å². The van der Waals surface area contributed by atoms with Crippen molar-refractivity contribution in [3.63, 3.8) is 0 Å². The number of ether oxygens (including phenoxy) is 3. The summed E-state index contributed by atoms with van der Waals surface area (Å²) in [5, 5.41) is 14.6. The van der Waals surface area contributed by atoms with Gasteiger partial charge in [-0.1, -0.05) is 12.2 Å². The molecule has 56 heavy (non-hydrogen) atoms. The molecule has 19 nitrogen and oxygen atoms in total. The van der Waals surface area contributed by atoms with Gasteiger partial charge in [-0.2, -0.15) is 10.2 Å². The summed E-state index contributed by atoms with van der Waals surface area (Å²) in [7, 11) is 1.27. The molecule has 0 saturated carbocycles. The molecule has 1 aromatic carbocycles. The van der Waals surface area contributed by atoms with Crippen LogP contribution in [0.15, 0.2) is 48.7 Å². The standard InChI is InChI=1S/C37H40N12O7/c1-6-48-27(12-20(3)44-48)33(51)42-36-40-25-14-22(31(38)50)16-29(56-24-18-55-19-24)30(25)46(36)10-8-9-11-47-32-26(15-23(17-39-32)35(53)54-5)41-37(47)43-34(52)28-13-21(4)45-49(28)7-2/h8-9,12-17,24H,6-7,10-11,18-19H2,1-5H3,(H2,38,50)(H,40,42,51)(H,41,43,52)/b9-8+. The second-order valence-electron chi connectivity index (χ2n) is 13.0. The predicted octanol–water partition coefficient (Wildman–Crippen LogP) is 3.25. The van der Waals surface area contributed by atoms with Crippen molar-refractivity contribution >= 4 is 57.8 Å². The average molecular weight is 765 g/mol. The Morgan fingerprint density at radius 3 is 1.96 bits per heavy atom. The fraction of sp³-hybridized carbons (Fsp3) is 0.324. The molecule has 0 spiro atoms. The molecule has 1 aliphatic rings. The molecule has 6 aromatic rings. The fourth-order valence-electron chi connectivity index (χ4n) is 6.34. The first-order chi connectivity index (χ1) is 27.0. The molecule has 1 fully saturated rings. The Kier molecular flexibility index (Phi) is 10.3. The monoisotopic (exact) mass is 764 g/mol. The summed E-state index contributed by atoms with van der Waals surface area (Å²) >= 11 is 0. The number of anilines is 2. The number of esters is 1. The van der Waals surface area contributed by atoms with E-state index in [-0.39, 0.29) is 42.2 Å². The zero-order valence-corrected chi connectivity index (χ0v) is 31.4. The van der Waals surface area contributed by atoms with Gasteiger partial charge in [0.15, 0.2) is 5.65 Å². The molecule has 0 unspecified atom stereocenters. The molecule has 0 radical (unpaired) electrons. The predicted molar refractivity (Wildman–Crippen MR) is 203 cm³/mol. The van der Waals surface area contributed by atoms with Crippen LogP contribution in [-0.2, 0) is 35.7 Å². The number of carbonyl (C=O) groups is 4. The van der Waals surface area contributed by atoms with Crippen molar-refractivity contribution in [2.24, 2.45) is 5.73 Å². The van der Waals surface area contributed by atoms with Gasteiger partial charge in [0.2, 0.25) is 17.8 Å². The average Bonchev–Trinajstić information content (AvgIpc) is 3.93. The summed E-state index contributed by atoms with van der Waals surface area (Å²) < 4.78 is 23.1. The number of nitrogens with two attached hydrogens (primary N) is 1. The number of aryl methyl sites for hydroxylation is 4. The Balaban J connectivity index is 1.25. The van der Waals surface area contributed by atoms with Gasteiger partial charge in [-0.05, 0) is 58.0 Å². The molecule has 0 aliphatic carbocycles. The van der Waals surface area contributed by atoms with Gasteiger partial charge in [0.25, 0.3) is 11.8 Å². The molecule has 7 rings (SSSR count). The second-order valence-corrected chi connectivity index (χ2v) is 13.0. The lowest BCUT2D eigenvalue weighted by atomic mass is 10.1. The summed E-state index contributed by atoms with van der Waals surface area (Å²) in [5.41, 5.74) is 9.79. The lowest BCUT2D eigenvalue weighted by Crippen LogP contribution is -2.38. The summed E-state index contributed by atoms with van der Waals surface area (Å²) in [6, 6.07) is 8.01. The SMILES string of the molecule is CCn1nc(C)cc1C(=O)Nc1nc2cc(C(=O)OC)cnc2n1C/C=C/Cn1c(NC(=O)c2cc(C)nn2CC)nc2cc(C(N)=O)cc(OC3COC3)c21. The van der Waals surface area contributed by atoms with Crippen LogP contribution >= 0.6 is 0 Å². The Morgan fingerprint density at radius 1 is 0.839 bits per heavy atom. The van der Waals surface area contributed by atoms with Crippen LogP contribution in [-0.4, -0.2) is 93.8 Å². The van der Waals surface area contributed by atoms with E-state index < -0.39 is 23.7 Å². The van der Waals surface area contributed by atoms with E-state index in [9.17, 15) is 19.2 Å². The normalized spacial score (nSPS) is 13.0. The highest BCUT2D eigenvalue weighted by Crippen LogP contribution is 2.33. The van der Waals surface area contributed by atoms with E-state index in [2.05, 4.69) is 30.8 Å². The number of aromatic nitrogens is 9. The zero-order chi connectivity index (χ0) is 39.7. The number of rotatable bonds is 14. The number of allylic oxidation sites excluding steroid dienone is 2. The van der Waals surface area contributed by atoms with Gasteiger partial charge in [0.1, 0.15) is 34.3 Å². The molecule has 0 bridgehead atoms. The molecule has 290 valence electrons. The smallest absolute Gasteiger partial charge is 0.339 e. The van der Waals surface area contributed by atoms with E-state index in [1.54, 1.807) is 56.6 Å². The Labute approximate surface area is 319 Å². The number of pyridine rings is 1. The lowest BCUT2D eigenvalue weighted by molar-refractivity contribution is -0.0792. The van der Waals surface area contributed by atoms with Gasteiger partial charge in [-0.25, -0.2) is 19.7 Å². The highest BCUT2D eigenvalue weighted by molar-refractivity contribution is 6.05. The highest BCUT2D eigenvalue weighted by Gasteiger charge is 2.26. The van der Waals surface area contributed by atoms with Gasteiger partial charge in [0, 0.05) is 37.9 Å². The van der Waals surface area contributed by atoms with Crippen molar-refractivity contribution in [1.82, 2.24) is 43.6 Å². The topological polar surface area (TPSA) is 230 Å². The number of carbonyl (C=O) groups excluding carboxylic acids is 4. The van der Waals surface area contributed by atoms with E-state index in [4.69, 9.17) is 24.9 Å². The quantitative estimate of drug-likeness (QED) is 0.107. The molecule has 3 amide bonds. The van der Waals surface area contributed by atoms with Crippen molar-refractivity contribution in [1.29, 1.82) is 0 Å². The first-order valence-electron chi connectivity index (χ1n) is 17.9. The number of primary amides is 1. The van der Waals surface area contributed by atoms with E-state index >= 15 is 0 Å². The van der Waals surface area contributed by atoms with Gasteiger partial charge in [-0.3, -0.25) is 38.9 Å². The summed E-state index contributed by atoms with van der Waals surface area (Å²) in [6.07, 6.45) is 4.80. The number of fused-ring (bicyclic) bond motifs is 2. The Bertz CT molecular complexity index is 2540. The van der Waals surface area contributed by atoms with Crippen molar-refractivity contribution < 1.29 is 33.4 Å².